The Hall–Kier alpha value is -1.92. The SMILES string of the molecule is CN(C)c1ccc(CCCNS(=O)(=O)Cc2ccc(F)cc2)cc1. The molecule has 2 rings (SSSR count). The Morgan fingerprint density at radius 1 is 0.958 bits per heavy atom. The van der Waals surface area contributed by atoms with Gasteiger partial charge in [0.1, 0.15) is 5.82 Å². The molecule has 0 aliphatic carbocycles. The summed E-state index contributed by atoms with van der Waals surface area (Å²) in [5.41, 5.74) is 2.89. The van der Waals surface area contributed by atoms with Crippen molar-refractivity contribution in [3.8, 4) is 0 Å². The van der Waals surface area contributed by atoms with Gasteiger partial charge in [0.2, 0.25) is 10.0 Å². The van der Waals surface area contributed by atoms with E-state index in [9.17, 15) is 12.8 Å². The second-order valence-corrected chi connectivity index (χ2v) is 7.75. The van der Waals surface area contributed by atoms with Crippen LogP contribution in [-0.2, 0) is 22.2 Å². The monoisotopic (exact) mass is 350 g/mol. The minimum atomic E-state index is -3.40. The van der Waals surface area contributed by atoms with Gasteiger partial charge in [-0.05, 0) is 48.2 Å². The first-order valence-electron chi connectivity index (χ1n) is 7.84. The molecule has 1 N–H and O–H groups in total. The first-order chi connectivity index (χ1) is 11.4. The molecule has 130 valence electrons. The van der Waals surface area contributed by atoms with E-state index in [1.165, 1.54) is 29.8 Å². The lowest BCUT2D eigenvalue weighted by Crippen LogP contribution is -2.26. The topological polar surface area (TPSA) is 49.4 Å². The van der Waals surface area contributed by atoms with Gasteiger partial charge in [0, 0.05) is 26.3 Å². The maximum Gasteiger partial charge on any atom is 0.215 e. The minimum Gasteiger partial charge on any atom is -0.378 e. The van der Waals surface area contributed by atoms with E-state index in [2.05, 4.69) is 16.9 Å². The Balaban J connectivity index is 1.77. The Morgan fingerprint density at radius 2 is 1.54 bits per heavy atom. The zero-order chi connectivity index (χ0) is 17.6. The van der Waals surface area contributed by atoms with Gasteiger partial charge in [-0.1, -0.05) is 24.3 Å². The van der Waals surface area contributed by atoms with Crippen molar-refractivity contribution in [1.82, 2.24) is 4.72 Å². The summed E-state index contributed by atoms with van der Waals surface area (Å²) >= 11 is 0. The smallest absolute Gasteiger partial charge is 0.215 e. The van der Waals surface area contributed by atoms with E-state index in [0.717, 1.165) is 18.5 Å². The summed E-state index contributed by atoms with van der Waals surface area (Å²) in [6.07, 6.45) is 1.54. The second-order valence-electron chi connectivity index (χ2n) is 5.94. The Labute approximate surface area is 143 Å². The lowest BCUT2D eigenvalue weighted by atomic mass is 10.1. The third-order valence-electron chi connectivity index (χ3n) is 3.69. The van der Waals surface area contributed by atoms with Crippen LogP contribution in [0, 0.1) is 5.82 Å². The molecule has 0 aliphatic rings. The number of anilines is 1. The maximum absolute atomic E-state index is 12.8. The van der Waals surface area contributed by atoms with Crippen LogP contribution in [0.15, 0.2) is 48.5 Å². The van der Waals surface area contributed by atoms with Gasteiger partial charge in [0.05, 0.1) is 5.75 Å². The van der Waals surface area contributed by atoms with Crippen LogP contribution >= 0.6 is 0 Å². The van der Waals surface area contributed by atoms with Gasteiger partial charge >= 0.3 is 0 Å². The zero-order valence-electron chi connectivity index (χ0n) is 14.0. The van der Waals surface area contributed by atoms with Crippen molar-refractivity contribution in [3.63, 3.8) is 0 Å². The first-order valence-corrected chi connectivity index (χ1v) is 9.49. The number of hydrogen-bond acceptors (Lipinski definition) is 3. The number of rotatable bonds is 8. The molecule has 2 aromatic rings. The van der Waals surface area contributed by atoms with Crippen LogP contribution in [0.25, 0.3) is 0 Å². The Bertz CT molecular complexity index is 742. The highest BCUT2D eigenvalue weighted by Gasteiger charge is 2.10. The summed E-state index contributed by atoms with van der Waals surface area (Å²) < 4.78 is 39.4. The summed E-state index contributed by atoms with van der Waals surface area (Å²) in [5.74, 6) is -0.505. The fourth-order valence-corrected chi connectivity index (χ4v) is 3.52. The summed E-state index contributed by atoms with van der Waals surface area (Å²) in [6.45, 7) is 0.388. The lowest BCUT2D eigenvalue weighted by molar-refractivity contribution is 0.578. The minimum absolute atomic E-state index is 0.134. The molecule has 0 unspecified atom stereocenters. The van der Waals surface area contributed by atoms with Gasteiger partial charge in [-0.25, -0.2) is 17.5 Å². The standard InChI is InChI=1S/C18H23FN2O2S/c1-21(2)18-11-7-15(8-12-18)4-3-13-20-24(22,23)14-16-5-9-17(19)10-6-16/h5-12,20H,3-4,13-14H2,1-2H3. The molecule has 0 aliphatic heterocycles. The third-order valence-corrected chi connectivity index (χ3v) is 5.04. The Kier molecular flexibility index (Phi) is 6.34. The highest BCUT2D eigenvalue weighted by molar-refractivity contribution is 7.88. The number of nitrogens with zero attached hydrogens (tertiary/aromatic N) is 1. The molecule has 0 atom stereocenters. The largest absolute Gasteiger partial charge is 0.378 e. The summed E-state index contributed by atoms with van der Waals surface area (Å²) in [4.78, 5) is 2.04. The molecule has 0 saturated carbocycles. The van der Waals surface area contributed by atoms with Crippen LogP contribution in [0.5, 0.6) is 0 Å². The van der Waals surface area contributed by atoms with Crippen LogP contribution in [0.1, 0.15) is 17.5 Å². The molecule has 0 spiro atoms. The number of nitrogens with one attached hydrogen (secondary N) is 1. The van der Waals surface area contributed by atoms with Crippen molar-refractivity contribution in [2.24, 2.45) is 0 Å². The first kappa shape index (κ1) is 18.4. The molecule has 0 saturated heterocycles. The van der Waals surface area contributed by atoms with E-state index < -0.39 is 10.0 Å². The molecule has 0 amide bonds. The van der Waals surface area contributed by atoms with Gasteiger partial charge in [0.15, 0.2) is 0 Å². The predicted molar refractivity (Wildman–Crippen MR) is 96.1 cm³/mol. The van der Waals surface area contributed by atoms with Crippen LogP contribution < -0.4 is 9.62 Å². The van der Waals surface area contributed by atoms with Crippen molar-refractivity contribution in [1.29, 1.82) is 0 Å². The number of halogens is 1. The maximum atomic E-state index is 12.8. The molecule has 2 aromatic carbocycles. The number of hydrogen-bond donors (Lipinski definition) is 1. The van der Waals surface area contributed by atoms with Crippen molar-refractivity contribution >= 4 is 15.7 Å². The normalized spacial score (nSPS) is 11.5. The molecule has 0 aromatic heterocycles. The van der Waals surface area contributed by atoms with E-state index >= 15 is 0 Å². The van der Waals surface area contributed by atoms with Gasteiger partial charge in [0.25, 0.3) is 0 Å². The zero-order valence-corrected chi connectivity index (χ0v) is 14.8. The number of sulfonamides is 1. The van der Waals surface area contributed by atoms with Crippen LogP contribution in [-0.4, -0.2) is 29.1 Å². The fraction of sp³-hybridized carbons (Fsp3) is 0.333. The van der Waals surface area contributed by atoms with E-state index in [0.29, 0.717) is 12.1 Å². The van der Waals surface area contributed by atoms with E-state index in [-0.39, 0.29) is 11.6 Å². The van der Waals surface area contributed by atoms with E-state index in [1.807, 2.05) is 31.1 Å². The molecule has 24 heavy (non-hydrogen) atoms. The molecule has 0 bridgehead atoms. The van der Waals surface area contributed by atoms with E-state index in [1.54, 1.807) is 0 Å². The Morgan fingerprint density at radius 3 is 2.12 bits per heavy atom. The molecule has 4 nitrogen and oxygen atoms in total. The number of aryl methyl sites for hydroxylation is 1. The van der Waals surface area contributed by atoms with Gasteiger partial charge in [-0.15, -0.1) is 0 Å². The molecule has 0 heterocycles. The number of benzene rings is 2. The molecule has 0 radical (unpaired) electrons. The third kappa shape index (κ3) is 5.94. The van der Waals surface area contributed by atoms with Crippen LogP contribution in [0.2, 0.25) is 0 Å². The highest BCUT2D eigenvalue weighted by atomic mass is 32.2. The second kappa shape index (κ2) is 8.26. The highest BCUT2D eigenvalue weighted by Crippen LogP contribution is 2.13. The summed E-state index contributed by atoms with van der Waals surface area (Å²) in [6, 6.07) is 13.7. The molecular formula is C18H23FN2O2S. The van der Waals surface area contributed by atoms with Gasteiger partial charge in [-0.2, -0.15) is 0 Å². The summed E-state index contributed by atoms with van der Waals surface area (Å²) in [5, 5.41) is 0. The quantitative estimate of drug-likeness (QED) is 0.745. The van der Waals surface area contributed by atoms with Crippen molar-refractivity contribution in [2.45, 2.75) is 18.6 Å². The van der Waals surface area contributed by atoms with Crippen LogP contribution in [0.4, 0.5) is 10.1 Å². The van der Waals surface area contributed by atoms with E-state index in [4.69, 9.17) is 0 Å². The predicted octanol–water partition coefficient (Wildman–Crippen LogP) is 2.94. The average molecular weight is 350 g/mol. The average Bonchev–Trinajstić information content (AvgIpc) is 2.54. The van der Waals surface area contributed by atoms with Crippen molar-refractivity contribution in [2.75, 3.05) is 25.5 Å². The van der Waals surface area contributed by atoms with Crippen molar-refractivity contribution in [3.05, 3.63) is 65.5 Å². The summed E-state index contributed by atoms with van der Waals surface area (Å²) in [7, 11) is 0.583. The fourth-order valence-electron chi connectivity index (χ4n) is 2.33. The lowest BCUT2D eigenvalue weighted by Gasteiger charge is -2.12. The van der Waals surface area contributed by atoms with Gasteiger partial charge in [-0.3, -0.25) is 0 Å². The van der Waals surface area contributed by atoms with Gasteiger partial charge < -0.3 is 4.90 Å². The molecule has 0 fully saturated rings. The van der Waals surface area contributed by atoms with Crippen molar-refractivity contribution < 1.29 is 12.8 Å². The molecular weight excluding hydrogens is 327 g/mol. The van der Waals surface area contributed by atoms with Crippen LogP contribution in [0.3, 0.4) is 0 Å². The molecule has 6 heteroatoms.